The van der Waals surface area contributed by atoms with E-state index in [1.54, 1.807) is 0 Å². The van der Waals surface area contributed by atoms with E-state index < -0.39 is 0 Å². The van der Waals surface area contributed by atoms with Gasteiger partial charge in [-0.15, -0.1) is 0 Å². The van der Waals surface area contributed by atoms with Gasteiger partial charge in [-0.3, -0.25) is 4.79 Å². The summed E-state index contributed by atoms with van der Waals surface area (Å²) in [7, 11) is 0. The summed E-state index contributed by atoms with van der Waals surface area (Å²) in [6, 6.07) is 14.2. The Morgan fingerprint density at radius 1 is 1.00 bits per heavy atom. The van der Waals surface area contributed by atoms with Crippen LogP contribution in [0.25, 0.3) is 0 Å². The number of ketones is 1. The molecule has 102 valence electrons. The lowest BCUT2D eigenvalue weighted by Crippen LogP contribution is -2.08. The summed E-state index contributed by atoms with van der Waals surface area (Å²) in [4.78, 5) is 12.4. The number of carbonyl (C=O) groups is 1. The van der Waals surface area contributed by atoms with E-state index in [1.807, 2.05) is 30.3 Å². The highest BCUT2D eigenvalue weighted by atomic mass is 79.9. The van der Waals surface area contributed by atoms with Gasteiger partial charge in [-0.25, -0.2) is 0 Å². The molecule has 0 aliphatic heterocycles. The molecule has 1 aliphatic rings. The Labute approximate surface area is 128 Å². The zero-order valence-electron chi connectivity index (χ0n) is 11.4. The van der Waals surface area contributed by atoms with E-state index in [4.69, 9.17) is 0 Å². The molecule has 3 rings (SSSR count). The van der Waals surface area contributed by atoms with E-state index >= 15 is 0 Å². The summed E-state index contributed by atoms with van der Waals surface area (Å²) in [5.41, 5.74) is 4.71. The molecule has 0 bridgehead atoms. The van der Waals surface area contributed by atoms with E-state index in [1.165, 1.54) is 24.0 Å². The fourth-order valence-electron chi connectivity index (χ4n) is 2.84. The van der Waals surface area contributed by atoms with Gasteiger partial charge < -0.3 is 0 Å². The van der Waals surface area contributed by atoms with Crippen molar-refractivity contribution >= 4 is 21.7 Å². The molecule has 0 saturated heterocycles. The largest absolute Gasteiger partial charge is 0.294 e. The van der Waals surface area contributed by atoms with Gasteiger partial charge in [-0.2, -0.15) is 0 Å². The van der Waals surface area contributed by atoms with Gasteiger partial charge in [0.2, 0.25) is 0 Å². The SMILES string of the molecule is O=C(Cc1cccc(Br)c1)c1ccc2c(c1)CCCC2. The van der Waals surface area contributed by atoms with Crippen molar-refractivity contribution in [3.8, 4) is 0 Å². The molecule has 0 fully saturated rings. The van der Waals surface area contributed by atoms with Crippen LogP contribution in [-0.2, 0) is 19.3 Å². The number of hydrogen-bond acceptors (Lipinski definition) is 1. The molecule has 2 aromatic carbocycles. The first-order chi connectivity index (χ1) is 9.72. The fraction of sp³-hybridized carbons (Fsp3) is 0.278. The second kappa shape index (κ2) is 5.92. The second-order valence-corrected chi connectivity index (χ2v) is 6.34. The summed E-state index contributed by atoms with van der Waals surface area (Å²) in [5.74, 6) is 0.205. The van der Waals surface area contributed by atoms with Gasteiger partial charge >= 0.3 is 0 Å². The number of Topliss-reactive ketones (excluding diaryl/α,β-unsaturated/α-hetero) is 1. The van der Waals surface area contributed by atoms with E-state index in [0.717, 1.165) is 28.4 Å². The van der Waals surface area contributed by atoms with Gasteiger partial charge in [0.05, 0.1) is 0 Å². The molecule has 1 nitrogen and oxygen atoms in total. The first kappa shape index (κ1) is 13.6. The standard InChI is InChI=1S/C18H17BrO/c19-17-7-3-4-13(10-17)11-18(20)16-9-8-14-5-1-2-6-15(14)12-16/h3-4,7-10,12H,1-2,5-6,11H2. The molecular weight excluding hydrogens is 312 g/mol. The van der Waals surface area contributed by atoms with E-state index in [0.29, 0.717) is 6.42 Å². The summed E-state index contributed by atoms with van der Waals surface area (Å²) in [6.45, 7) is 0. The number of carbonyl (C=O) groups excluding carboxylic acids is 1. The molecule has 20 heavy (non-hydrogen) atoms. The van der Waals surface area contributed by atoms with E-state index in [2.05, 4.69) is 28.1 Å². The van der Waals surface area contributed by atoms with E-state index in [-0.39, 0.29) is 5.78 Å². The van der Waals surface area contributed by atoms with Crippen molar-refractivity contribution in [2.75, 3.05) is 0 Å². The molecule has 2 aromatic rings. The normalized spacial score (nSPS) is 13.8. The molecule has 0 atom stereocenters. The molecule has 0 unspecified atom stereocenters. The number of rotatable bonds is 3. The zero-order valence-corrected chi connectivity index (χ0v) is 12.9. The van der Waals surface area contributed by atoms with Gasteiger partial charge in [-0.1, -0.05) is 40.2 Å². The van der Waals surface area contributed by atoms with Crippen molar-refractivity contribution in [3.63, 3.8) is 0 Å². The number of hydrogen-bond donors (Lipinski definition) is 0. The van der Waals surface area contributed by atoms with Crippen molar-refractivity contribution in [2.45, 2.75) is 32.1 Å². The van der Waals surface area contributed by atoms with Crippen LogP contribution in [0.3, 0.4) is 0 Å². The predicted octanol–water partition coefficient (Wildman–Crippen LogP) is 4.75. The highest BCUT2D eigenvalue weighted by Gasteiger charge is 2.13. The average Bonchev–Trinajstić information content (AvgIpc) is 2.47. The topological polar surface area (TPSA) is 17.1 Å². The molecular formula is C18H17BrO. The van der Waals surface area contributed by atoms with Crippen LogP contribution in [0.15, 0.2) is 46.9 Å². The lowest BCUT2D eigenvalue weighted by Gasteiger charge is -2.16. The van der Waals surface area contributed by atoms with Gasteiger partial charge in [-0.05, 0) is 60.6 Å². The van der Waals surface area contributed by atoms with Crippen LogP contribution in [0.5, 0.6) is 0 Å². The third-order valence-electron chi connectivity index (χ3n) is 3.92. The van der Waals surface area contributed by atoms with Gasteiger partial charge in [0.1, 0.15) is 0 Å². The van der Waals surface area contributed by atoms with Gasteiger partial charge in [0.25, 0.3) is 0 Å². The van der Waals surface area contributed by atoms with E-state index in [9.17, 15) is 4.79 Å². The molecule has 0 N–H and O–H groups in total. The molecule has 0 aromatic heterocycles. The summed E-state index contributed by atoms with van der Waals surface area (Å²) in [5, 5.41) is 0. The van der Waals surface area contributed by atoms with Crippen LogP contribution in [0, 0.1) is 0 Å². The van der Waals surface area contributed by atoms with Gasteiger partial charge in [0.15, 0.2) is 5.78 Å². The van der Waals surface area contributed by atoms with Crippen LogP contribution in [0.4, 0.5) is 0 Å². The third kappa shape index (κ3) is 3.01. The first-order valence-electron chi connectivity index (χ1n) is 7.12. The van der Waals surface area contributed by atoms with Crippen LogP contribution in [0.2, 0.25) is 0 Å². The molecule has 0 radical (unpaired) electrons. The number of halogens is 1. The Hall–Kier alpha value is -1.41. The maximum absolute atomic E-state index is 12.4. The highest BCUT2D eigenvalue weighted by molar-refractivity contribution is 9.10. The molecule has 0 heterocycles. The molecule has 0 amide bonds. The van der Waals surface area contributed by atoms with Crippen LogP contribution in [-0.4, -0.2) is 5.78 Å². The second-order valence-electron chi connectivity index (χ2n) is 5.42. The Kier molecular flexibility index (Phi) is 4.02. The lowest BCUT2D eigenvalue weighted by molar-refractivity contribution is 0.0993. The number of benzene rings is 2. The van der Waals surface area contributed by atoms with Crippen LogP contribution >= 0.6 is 15.9 Å². The number of aryl methyl sites for hydroxylation is 2. The Morgan fingerprint density at radius 2 is 1.80 bits per heavy atom. The molecule has 2 heteroatoms. The van der Waals surface area contributed by atoms with Crippen molar-refractivity contribution in [3.05, 3.63) is 69.2 Å². The minimum atomic E-state index is 0.205. The summed E-state index contributed by atoms with van der Waals surface area (Å²) >= 11 is 3.45. The van der Waals surface area contributed by atoms with Crippen LogP contribution in [0.1, 0.15) is 39.9 Å². The summed E-state index contributed by atoms with van der Waals surface area (Å²) in [6.07, 6.45) is 5.27. The smallest absolute Gasteiger partial charge is 0.167 e. The van der Waals surface area contributed by atoms with Gasteiger partial charge in [0, 0.05) is 16.5 Å². The summed E-state index contributed by atoms with van der Waals surface area (Å²) < 4.78 is 1.02. The average molecular weight is 329 g/mol. The lowest BCUT2D eigenvalue weighted by atomic mass is 9.89. The van der Waals surface area contributed by atoms with Crippen molar-refractivity contribution in [2.24, 2.45) is 0 Å². The Morgan fingerprint density at radius 3 is 2.60 bits per heavy atom. The van der Waals surface area contributed by atoms with Crippen molar-refractivity contribution in [1.29, 1.82) is 0 Å². The number of fused-ring (bicyclic) bond motifs is 1. The Balaban J connectivity index is 1.80. The third-order valence-corrected chi connectivity index (χ3v) is 4.42. The maximum atomic E-state index is 12.4. The quantitative estimate of drug-likeness (QED) is 0.743. The minimum Gasteiger partial charge on any atom is -0.294 e. The van der Waals surface area contributed by atoms with Crippen molar-refractivity contribution < 1.29 is 4.79 Å². The monoisotopic (exact) mass is 328 g/mol. The zero-order chi connectivity index (χ0) is 13.9. The minimum absolute atomic E-state index is 0.205. The molecule has 0 saturated carbocycles. The fourth-order valence-corrected chi connectivity index (χ4v) is 3.29. The first-order valence-corrected chi connectivity index (χ1v) is 7.91. The molecule has 1 aliphatic carbocycles. The Bertz CT molecular complexity index is 646. The maximum Gasteiger partial charge on any atom is 0.167 e. The predicted molar refractivity (Wildman–Crippen MR) is 85.3 cm³/mol. The van der Waals surface area contributed by atoms with Crippen LogP contribution < -0.4 is 0 Å². The van der Waals surface area contributed by atoms with Crippen molar-refractivity contribution in [1.82, 2.24) is 0 Å². The highest BCUT2D eigenvalue weighted by Crippen LogP contribution is 2.23. The molecule has 0 spiro atoms.